The maximum atomic E-state index is 2.57. The Hall–Kier alpha value is 0. The van der Waals surface area contributed by atoms with Gasteiger partial charge in [0.2, 0.25) is 0 Å². The molecule has 4 atom stereocenters. The highest BCUT2D eigenvalue weighted by molar-refractivity contribution is 5.78. The molecule has 0 aromatic rings. The van der Waals surface area contributed by atoms with Crippen molar-refractivity contribution in [1.82, 2.24) is 0 Å². The molecule has 6 aliphatic rings. The fourth-order valence-corrected chi connectivity index (χ4v) is 6.44. The summed E-state index contributed by atoms with van der Waals surface area (Å²) in [6.07, 6.45) is 8.00. The van der Waals surface area contributed by atoms with Crippen LogP contribution in [0.25, 0.3) is 0 Å². The molecule has 6 fully saturated rings. The summed E-state index contributed by atoms with van der Waals surface area (Å²) in [5.41, 5.74) is 3.98. The first-order valence-electron chi connectivity index (χ1n) is 5.28. The van der Waals surface area contributed by atoms with Crippen LogP contribution in [0.2, 0.25) is 0 Å². The zero-order chi connectivity index (χ0) is 7.11. The third-order valence-corrected chi connectivity index (χ3v) is 6.65. The molecule has 0 radical (unpaired) electrons. The molecule has 0 aromatic carbocycles. The van der Waals surface area contributed by atoms with E-state index >= 15 is 0 Å². The summed E-state index contributed by atoms with van der Waals surface area (Å²) >= 11 is 0. The first-order chi connectivity index (χ1) is 5.28. The minimum Gasteiger partial charge on any atom is -0.0582 e. The van der Waals surface area contributed by atoms with Gasteiger partial charge in [0.25, 0.3) is 0 Å². The van der Waals surface area contributed by atoms with Crippen LogP contribution in [0.3, 0.4) is 0 Å². The van der Waals surface area contributed by atoms with Crippen LogP contribution < -0.4 is 0 Å². The molecule has 58 valence electrons. The first kappa shape index (κ1) is 4.89. The van der Waals surface area contributed by atoms with Crippen molar-refractivity contribution in [2.75, 3.05) is 0 Å². The number of hydrogen-bond acceptors (Lipinski definition) is 0. The smallest absolute Gasteiger partial charge is 0.00734 e. The van der Waals surface area contributed by atoms with E-state index in [4.69, 9.17) is 0 Å². The Kier molecular flexibility index (Phi) is 0.352. The van der Waals surface area contributed by atoms with Gasteiger partial charge in [0, 0.05) is 0 Å². The van der Waals surface area contributed by atoms with E-state index in [1.165, 1.54) is 5.92 Å². The molecule has 0 nitrogen and oxygen atoms in total. The van der Waals surface area contributed by atoms with Gasteiger partial charge < -0.3 is 0 Å². The van der Waals surface area contributed by atoms with Gasteiger partial charge in [-0.15, -0.1) is 0 Å². The Bertz CT molecular complexity index is 300. The predicted octanol–water partition coefficient (Wildman–Crippen LogP) is 2.59. The van der Waals surface area contributed by atoms with Gasteiger partial charge in [0.1, 0.15) is 0 Å². The molecule has 6 rings (SSSR count). The SMILES string of the molecule is CC12C3C14CC1(CCCC1)C324. The minimum atomic E-state index is 0.951. The first-order valence-corrected chi connectivity index (χ1v) is 5.28. The summed E-state index contributed by atoms with van der Waals surface area (Å²) < 4.78 is 0. The predicted molar refractivity (Wildman–Crippen MR) is 42.0 cm³/mol. The third kappa shape index (κ3) is 0.172. The van der Waals surface area contributed by atoms with Crippen molar-refractivity contribution < 1.29 is 0 Å². The largest absolute Gasteiger partial charge is 0.0582 e. The molecule has 6 saturated carbocycles. The van der Waals surface area contributed by atoms with Gasteiger partial charge in [0.05, 0.1) is 0 Å². The minimum absolute atomic E-state index is 0.951. The summed E-state index contributed by atoms with van der Waals surface area (Å²) in [5.74, 6) is 1.28. The highest BCUT2D eigenvalue weighted by atomic mass is 15.4. The van der Waals surface area contributed by atoms with E-state index in [1.807, 2.05) is 0 Å². The van der Waals surface area contributed by atoms with E-state index in [2.05, 4.69) is 6.92 Å². The van der Waals surface area contributed by atoms with Gasteiger partial charge in [-0.05, 0) is 46.8 Å². The van der Waals surface area contributed by atoms with Crippen LogP contribution in [-0.4, -0.2) is 0 Å². The van der Waals surface area contributed by atoms with Crippen LogP contribution in [0.5, 0.6) is 0 Å². The molecule has 0 bridgehead atoms. The van der Waals surface area contributed by atoms with Crippen molar-refractivity contribution in [3.05, 3.63) is 0 Å². The fourth-order valence-electron chi connectivity index (χ4n) is 6.44. The number of rotatable bonds is 0. The van der Waals surface area contributed by atoms with Gasteiger partial charge in [-0.1, -0.05) is 19.8 Å². The molecular weight excluding hydrogens is 132 g/mol. The van der Waals surface area contributed by atoms with Crippen molar-refractivity contribution in [2.45, 2.75) is 39.0 Å². The standard InChI is InChI=1S/C11H14/c1-8-7-10(8)6-9(11(7,8)10)4-2-3-5-9/h7H,2-6H2,1H3. The fraction of sp³-hybridized carbons (Fsp3) is 1.00. The quantitative estimate of drug-likeness (QED) is 0.492. The molecular formula is C11H14. The average molecular weight is 146 g/mol. The molecule has 11 heavy (non-hydrogen) atoms. The maximum absolute atomic E-state index is 2.57. The summed E-state index contributed by atoms with van der Waals surface area (Å²) in [6, 6.07) is 0. The molecule has 0 N–H and O–H groups in total. The van der Waals surface area contributed by atoms with Gasteiger partial charge in [-0.25, -0.2) is 0 Å². The normalized spacial score (nSPS) is 82.1. The van der Waals surface area contributed by atoms with Crippen molar-refractivity contribution in [1.29, 1.82) is 0 Å². The van der Waals surface area contributed by atoms with Crippen molar-refractivity contribution in [3.63, 3.8) is 0 Å². The highest BCUT2D eigenvalue weighted by Crippen LogP contribution is 3.36. The van der Waals surface area contributed by atoms with Crippen molar-refractivity contribution in [2.24, 2.45) is 27.6 Å². The Morgan fingerprint density at radius 2 is 1.82 bits per heavy atom. The topological polar surface area (TPSA) is 0 Å². The summed E-state index contributed by atoms with van der Waals surface area (Å²) in [4.78, 5) is 0. The van der Waals surface area contributed by atoms with E-state index in [1.54, 1.807) is 32.1 Å². The monoisotopic (exact) mass is 146 g/mol. The second-order valence-electron chi connectivity index (χ2n) is 6.08. The second kappa shape index (κ2) is 0.791. The van der Waals surface area contributed by atoms with E-state index in [9.17, 15) is 0 Å². The maximum Gasteiger partial charge on any atom is -0.00734 e. The van der Waals surface area contributed by atoms with Crippen LogP contribution >= 0.6 is 0 Å². The molecule has 0 aliphatic heterocycles. The second-order valence-corrected chi connectivity index (χ2v) is 6.08. The Morgan fingerprint density at radius 3 is 2.18 bits per heavy atom. The highest BCUT2D eigenvalue weighted by Gasteiger charge is 3.33. The van der Waals surface area contributed by atoms with Crippen molar-refractivity contribution in [3.8, 4) is 0 Å². The van der Waals surface area contributed by atoms with E-state index in [0.29, 0.717) is 0 Å². The van der Waals surface area contributed by atoms with Crippen LogP contribution in [0.4, 0.5) is 0 Å². The van der Waals surface area contributed by atoms with E-state index in [-0.39, 0.29) is 0 Å². The average Bonchev–Trinajstić information content (AvgIpc) is 2.88. The third-order valence-electron chi connectivity index (χ3n) is 6.65. The van der Waals surface area contributed by atoms with Crippen LogP contribution in [0, 0.1) is 27.6 Å². The zero-order valence-electron chi connectivity index (χ0n) is 7.11. The zero-order valence-corrected chi connectivity index (χ0v) is 7.11. The molecule has 0 heteroatoms. The molecule has 6 aliphatic carbocycles. The molecule has 0 aromatic heterocycles. The van der Waals surface area contributed by atoms with Gasteiger partial charge in [0.15, 0.2) is 0 Å². The Morgan fingerprint density at radius 1 is 1.18 bits per heavy atom. The van der Waals surface area contributed by atoms with E-state index in [0.717, 1.165) is 21.7 Å². The molecule has 3 spiro atoms. The van der Waals surface area contributed by atoms with Crippen molar-refractivity contribution >= 4 is 0 Å². The lowest BCUT2D eigenvalue weighted by molar-refractivity contribution is 0.119. The lowest BCUT2D eigenvalue weighted by Crippen LogP contribution is -2.29. The lowest BCUT2D eigenvalue weighted by Gasteiger charge is -2.36. The van der Waals surface area contributed by atoms with Crippen LogP contribution in [-0.2, 0) is 0 Å². The summed E-state index contributed by atoms with van der Waals surface area (Å²) in [6.45, 7) is 2.57. The summed E-state index contributed by atoms with van der Waals surface area (Å²) in [5, 5.41) is 0. The van der Waals surface area contributed by atoms with Crippen LogP contribution in [0.1, 0.15) is 39.0 Å². The molecule has 4 unspecified atom stereocenters. The Labute approximate surface area is 67.4 Å². The van der Waals surface area contributed by atoms with Gasteiger partial charge in [-0.3, -0.25) is 0 Å². The lowest BCUT2D eigenvalue weighted by atomic mass is 9.67. The molecule has 0 heterocycles. The Balaban J connectivity index is 1.73. The van der Waals surface area contributed by atoms with Gasteiger partial charge in [-0.2, -0.15) is 0 Å². The number of hydrogen-bond donors (Lipinski definition) is 0. The molecule has 0 saturated heterocycles. The van der Waals surface area contributed by atoms with Crippen LogP contribution in [0.15, 0.2) is 0 Å². The molecule has 0 amide bonds. The van der Waals surface area contributed by atoms with Gasteiger partial charge >= 0.3 is 0 Å². The van der Waals surface area contributed by atoms with E-state index < -0.39 is 0 Å². The summed E-state index contributed by atoms with van der Waals surface area (Å²) in [7, 11) is 0.